The predicted molar refractivity (Wildman–Crippen MR) is 67.6 cm³/mol. The molecule has 94 valence electrons. The SMILES string of the molecule is CC(CNC1CCCCC1)OCCC1CC1. The maximum absolute atomic E-state index is 5.82. The molecule has 2 nitrogen and oxygen atoms in total. The molecule has 0 aromatic carbocycles. The maximum atomic E-state index is 5.82. The molecule has 2 aliphatic carbocycles. The van der Waals surface area contributed by atoms with Crippen molar-refractivity contribution < 1.29 is 4.74 Å². The molecule has 0 saturated heterocycles. The van der Waals surface area contributed by atoms with E-state index < -0.39 is 0 Å². The Morgan fingerprint density at radius 1 is 1.12 bits per heavy atom. The normalized spacial score (nSPS) is 24.6. The van der Waals surface area contributed by atoms with E-state index in [4.69, 9.17) is 4.74 Å². The summed E-state index contributed by atoms with van der Waals surface area (Å²) >= 11 is 0. The van der Waals surface area contributed by atoms with Crippen molar-refractivity contribution in [2.24, 2.45) is 5.92 Å². The smallest absolute Gasteiger partial charge is 0.0671 e. The van der Waals surface area contributed by atoms with Gasteiger partial charge in [0.1, 0.15) is 0 Å². The van der Waals surface area contributed by atoms with Crippen LogP contribution in [-0.2, 0) is 4.74 Å². The fraction of sp³-hybridized carbons (Fsp3) is 1.00. The Kier molecular flexibility index (Phi) is 5.11. The van der Waals surface area contributed by atoms with Gasteiger partial charge in [0.2, 0.25) is 0 Å². The van der Waals surface area contributed by atoms with Crippen LogP contribution in [-0.4, -0.2) is 25.3 Å². The summed E-state index contributed by atoms with van der Waals surface area (Å²) < 4.78 is 5.82. The standard InChI is InChI=1S/C14H27NO/c1-12(16-10-9-13-7-8-13)11-15-14-5-3-2-4-6-14/h12-15H,2-11H2,1H3. The molecule has 0 radical (unpaired) electrons. The van der Waals surface area contributed by atoms with Gasteiger partial charge >= 0.3 is 0 Å². The molecule has 0 spiro atoms. The topological polar surface area (TPSA) is 21.3 Å². The second-order valence-corrected chi connectivity index (χ2v) is 5.66. The highest BCUT2D eigenvalue weighted by Gasteiger charge is 2.21. The molecule has 2 saturated carbocycles. The minimum absolute atomic E-state index is 0.390. The molecular weight excluding hydrogens is 198 g/mol. The summed E-state index contributed by atoms with van der Waals surface area (Å²) in [6.45, 7) is 4.20. The average molecular weight is 225 g/mol. The van der Waals surface area contributed by atoms with Crippen molar-refractivity contribution in [2.75, 3.05) is 13.2 Å². The largest absolute Gasteiger partial charge is 0.377 e. The lowest BCUT2D eigenvalue weighted by molar-refractivity contribution is 0.0588. The summed E-state index contributed by atoms with van der Waals surface area (Å²) in [6, 6.07) is 0.767. The van der Waals surface area contributed by atoms with Crippen LogP contribution in [0.5, 0.6) is 0 Å². The third kappa shape index (κ3) is 4.84. The number of nitrogens with one attached hydrogen (secondary N) is 1. The van der Waals surface area contributed by atoms with E-state index in [1.807, 2.05) is 0 Å². The summed E-state index contributed by atoms with van der Waals surface area (Å²) in [5.74, 6) is 0.999. The van der Waals surface area contributed by atoms with E-state index in [0.717, 1.165) is 25.1 Å². The van der Waals surface area contributed by atoms with Gasteiger partial charge in [-0.25, -0.2) is 0 Å². The minimum atomic E-state index is 0.390. The summed E-state index contributed by atoms with van der Waals surface area (Å²) in [7, 11) is 0. The Labute approximate surface area is 100 Å². The van der Waals surface area contributed by atoms with Crippen molar-refractivity contribution in [3.63, 3.8) is 0 Å². The fourth-order valence-corrected chi connectivity index (χ4v) is 2.54. The van der Waals surface area contributed by atoms with Gasteiger partial charge in [-0.15, -0.1) is 0 Å². The van der Waals surface area contributed by atoms with Crippen LogP contribution in [0, 0.1) is 5.92 Å². The van der Waals surface area contributed by atoms with E-state index in [1.165, 1.54) is 51.4 Å². The van der Waals surface area contributed by atoms with Crippen molar-refractivity contribution in [3.8, 4) is 0 Å². The summed E-state index contributed by atoms with van der Waals surface area (Å²) in [6.07, 6.45) is 11.6. The minimum Gasteiger partial charge on any atom is -0.377 e. The van der Waals surface area contributed by atoms with Crippen molar-refractivity contribution in [2.45, 2.75) is 70.4 Å². The van der Waals surface area contributed by atoms with E-state index in [1.54, 1.807) is 0 Å². The van der Waals surface area contributed by atoms with Gasteiger partial charge in [0.15, 0.2) is 0 Å². The van der Waals surface area contributed by atoms with E-state index >= 15 is 0 Å². The van der Waals surface area contributed by atoms with Crippen LogP contribution < -0.4 is 5.32 Å². The molecule has 0 aromatic heterocycles. The van der Waals surface area contributed by atoms with E-state index in [0.29, 0.717) is 6.10 Å². The molecule has 2 aliphatic rings. The Bertz CT molecular complexity index is 185. The van der Waals surface area contributed by atoms with Crippen molar-refractivity contribution in [3.05, 3.63) is 0 Å². The molecule has 0 bridgehead atoms. The fourth-order valence-electron chi connectivity index (χ4n) is 2.54. The van der Waals surface area contributed by atoms with Crippen molar-refractivity contribution in [1.82, 2.24) is 5.32 Å². The average Bonchev–Trinajstić information content (AvgIpc) is 3.12. The quantitative estimate of drug-likeness (QED) is 0.719. The monoisotopic (exact) mass is 225 g/mol. The molecule has 2 rings (SSSR count). The van der Waals surface area contributed by atoms with Gasteiger partial charge in [-0.3, -0.25) is 0 Å². The molecule has 1 unspecified atom stereocenters. The first-order valence-corrected chi connectivity index (χ1v) is 7.19. The number of rotatable bonds is 7. The first kappa shape index (κ1) is 12.4. The van der Waals surface area contributed by atoms with E-state index in [2.05, 4.69) is 12.2 Å². The Morgan fingerprint density at radius 2 is 1.88 bits per heavy atom. The van der Waals surface area contributed by atoms with Crippen LogP contribution in [0.15, 0.2) is 0 Å². The summed E-state index contributed by atoms with van der Waals surface area (Å²) in [4.78, 5) is 0. The van der Waals surface area contributed by atoms with Crippen LogP contribution in [0.1, 0.15) is 58.3 Å². The van der Waals surface area contributed by atoms with Crippen LogP contribution >= 0.6 is 0 Å². The molecule has 0 aliphatic heterocycles. The zero-order valence-electron chi connectivity index (χ0n) is 10.7. The molecule has 1 N–H and O–H groups in total. The van der Waals surface area contributed by atoms with Gasteiger partial charge in [0.05, 0.1) is 6.10 Å². The van der Waals surface area contributed by atoms with Crippen molar-refractivity contribution in [1.29, 1.82) is 0 Å². The maximum Gasteiger partial charge on any atom is 0.0671 e. The van der Waals surface area contributed by atoms with Gasteiger partial charge in [0, 0.05) is 19.2 Å². The molecule has 2 fully saturated rings. The summed E-state index contributed by atoms with van der Waals surface area (Å²) in [5, 5.41) is 3.65. The van der Waals surface area contributed by atoms with Crippen LogP contribution in [0.3, 0.4) is 0 Å². The first-order chi connectivity index (χ1) is 7.84. The highest BCUT2D eigenvalue weighted by atomic mass is 16.5. The Hall–Kier alpha value is -0.0800. The lowest BCUT2D eigenvalue weighted by Crippen LogP contribution is -2.36. The molecule has 0 amide bonds. The number of hydrogen-bond acceptors (Lipinski definition) is 2. The van der Waals surface area contributed by atoms with Gasteiger partial charge in [-0.2, -0.15) is 0 Å². The molecule has 0 heterocycles. The lowest BCUT2D eigenvalue weighted by atomic mass is 9.95. The van der Waals surface area contributed by atoms with Crippen LogP contribution in [0.25, 0.3) is 0 Å². The highest BCUT2D eigenvalue weighted by Crippen LogP contribution is 2.32. The number of hydrogen-bond donors (Lipinski definition) is 1. The van der Waals surface area contributed by atoms with Crippen molar-refractivity contribution >= 4 is 0 Å². The lowest BCUT2D eigenvalue weighted by Gasteiger charge is -2.24. The van der Waals surface area contributed by atoms with Gasteiger partial charge in [-0.1, -0.05) is 32.1 Å². The number of ether oxygens (including phenoxy) is 1. The Morgan fingerprint density at radius 3 is 2.56 bits per heavy atom. The Balaban J connectivity index is 1.46. The van der Waals surface area contributed by atoms with Crippen LogP contribution in [0.2, 0.25) is 0 Å². The molecule has 16 heavy (non-hydrogen) atoms. The highest BCUT2D eigenvalue weighted by molar-refractivity contribution is 4.74. The van der Waals surface area contributed by atoms with Gasteiger partial charge < -0.3 is 10.1 Å². The van der Waals surface area contributed by atoms with E-state index in [9.17, 15) is 0 Å². The third-order valence-electron chi connectivity index (χ3n) is 3.92. The van der Waals surface area contributed by atoms with E-state index in [-0.39, 0.29) is 0 Å². The summed E-state index contributed by atoms with van der Waals surface area (Å²) in [5.41, 5.74) is 0. The van der Waals surface area contributed by atoms with Crippen LogP contribution in [0.4, 0.5) is 0 Å². The predicted octanol–water partition coefficient (Wildman–Crippen LogP) is 3.11. The second kappa shape index (κ2) is 6.61. The first-order valence-electron chi connectivity index (χ1n) is 7.19. The molecular formula is C14H27NO. The van der Waals surface area contributed by atoms with Gasteiger partial charge in [-0.05, 0) is 32.1 Å². The molecule has 1 atom stereocenters. The zero-order chi connectivity index (χ0) is 11.2. The molecule has 2 heteroatoms. The molecule has 0 aromatic rings. The zero-order valence-corrected chi connectivity index (χ0v) is 10.7. The second-order valence-electron chi connectivity index (χ2n) is 5.66. The third-order valence-corrected chi connectivity index (χ3v) is 3.92. The van der Waals surface area contributed by atoms with Gasteiger partial charge in [0.25, 0.3) is 0 Å².